The van der Waals surface area contributed by atoms with Gasteiger partial charge in [-0.25, -0.2) is 8.42 Å². The molecule has 2 amide bonds. The van der Waals surface area contributed by atoms with Gasteiger partial charge in [-0.1, -0.05) is 91.6 Å². The van der Waals surface area contributed by atoms with Crippen molar-refractivity contribution in [3.63, 3.8) is 0 Å². The number of amides is 2. The topological polar surface area (TPSA) is 86.8 Å². The van der Waals surface area contributed by atoms with Crippen LogP contribution in [0.2, 0.25) is 10.0 Å². The molecule has 220 valence electrons. The monoisotopic (exact) mass is 617 g/mol. The summed E-state index contributed by atoms with van der Waals surface area (Å²) in [5.41, 5.74) is 2.65. The molecule has 2 unspecified atom stereocenters. The molecule has 3 aromatic carbocycles. The number of hydrogen-bond donors (Lipinski definition) is 1. The van der Waals surface area contributed by atoms with Crippen molar-refractivity contribution in [2.24, 2.45) is 0 Å². The van der Waals surface area contributed by atoms with E-state index in [1.54, 1.807) is 30.3 Å². The number of nitrogens with one attached hydrogen (secondary N) is 1. The van der Waals surface area contributed by atoms with Gasteiger partial charge in [-0.2, -0.15) is 0 Å². The van der Waals surface area contributed by atoms with Crippen molar-refractivity contribution in [1.82, 2.24) is 10.2 Å². The van der Waals surface area contributed by atoms with Crippen LogP contribution in [0.1, 0.15) is 43.9 Å². The zero-order valence-electron chi connectivity index (χ0n) is 23.8. The standard InChI is InChI=1S/C31H37Cl2N3O4S/c1-5-22(3)34-31(38)29(18-23-12-8-7-9-13-23)35(20-25-16-17-26(32)19-27(25)33)30(37)21-36(41(4,39)40)28-15-11-10-14-24(28)6-2/h7-17,19,22,29H,5-6,18,20-21H2,1-4H3,(H,34,38). The highest BCUT2D eigenvalue weighted by molar-refractivity contribution is 7.92. The van der Waals surface area contributed by atoms with E-state index in [1.165, 1.54) is 4.90 Å². The van der Waals surface area contributed by atoms with Crippen molar-refractivity contribution < 1.29 is 18.0 Å². The smallest absolute Gasteiger partial charge is 0.244 e. The lowest BCUT2D eigenvalue weighted by Gasteiger charge is -2.34. The first-order valence-electron chi connectivity index (χ1n) is 13.6. The molecule has 0 fully saturated rings. The van der Waals surface area contributed by atoms with Crippen molar-refractivity contribution in [2.75, 3.05) is 17.1 Å². The lowest BCUT2D eigenvalue weighted by molar-refractivity contribution is -0.140. The third-order valence-electron chi connectivity index (χ3n) is 6.95. The molecule has 41 heavy (non-hydrogen) atoms. The van der Waals surface area contributed by atoms with Crippen LogP contribution in [0.4, 0.5) is 5.69 Å². The van der Waals surface area contributed by atoms with Crippen LogP contribution in [-0.4, -0.2) is 50.0 Å². The van der Waals surface area contributed by atoms with Gasteiger partial charge in [0.1, 0.15) is 12.6 Å². The molecule has 0 heterocycles. The second-order valence-electron chi connectivity index (χ2n) is 10.0. The summed E-state index contributed by atoms with van der Waals surface area (Å²) in [6.45, 7) is 5.27. The number of benzene rings is 3. The van der Waals surface area contributed by atoms with Gasteiger partial charge < -0.3 is 10.2 Å². The predicted molar refractivity (Wildman–Crippen MR) is 167 cm³/mol. The fraction of sp³-hybridized carbons (Fsp3) is 0.355. The molecular weight excluding hydrogens is 581 g/mol. The molecule has 3 rings (SSSR count). The maximum absolute atomic E-state index is 14.2. The highest BCUT2D eigenvalue weighted by atomic mass is 35.5. The van der Waals surface area contributed by atoms with Crippen LogP contribution in [-0.2, 0) is 39.0 Å². The fourth-order valence-electron chi connectivity index (χ4n) is 4.48. The van der Waals surface area contributed by atoms with Crippen molar-refractivity contribution in [3.05, 3.63) is 99.5 Å². The molecule has 0 bridgehead atoms. The number of hydrogen-bond acceptors (Lipinski definition) is 4. The first-order valence-corrected chi connectivity index (χ1v) is 16.2. The van der Waals surface area contributed by atoms with Gasteiger partial charge in [-0.15, -0.1) is 0 Å². The number of rotatable bonds is 13. The Morgan fingerprint density at radius 3 is 2.20 bits per heavy atom. The number of para-hydroxylation sites is 1. The van der Waals surface area contributed by atoms with E-state index in [-0.39, 0.29) is 24.9 Å². The Morgan fingerprint density at radius 2 is 1.59 bits per heavy atom. The van der Waals surface area contributed by atoms with Crippen molar-refractivity contribution in [2.45, 2.75) is 58.7 Å². The minimum atomic E-state index is -3.85. The highest BCUT2D eigenvalue weighted by Crippen LogP contribution is 2.27. The SMILES string of the molecule is CCc1ccccc1N(CC(=O)N(Cc1ccc(Cl)cc1Cl)C(Cc1ccccc1)C(=O)NC(C)CC)S(C)(=O)=O. The van der Waals surface area contributed by atoms with E-state index in [4.69, 9.17) is 23.2 Å². The van der Waals surface area contributed by atoms with Crippen LogP contribution >= 0.6 is 23.2 Å². The van der Waals surface area contributed by atoms with Gasteiger partial charge >= 0.3 is 0 Å². The molecule has 0 saturated heterocycles. The predicted octanol–water partition coefficient (Wildman–Crippen LogP) is 5.88. The third kappa shape index (κ3) is 8.96. The van der Waals surface area contributed by atoms with Crippen molar-refractivity contribution in [1.29, 1.82) is 0 Å². The Balaban J connectivity index is 2.11. The summed E-state index contributed by atoms with van der Waals surface area (Å²) >= 11 is 12.6. The van der Waals surface area contributed by atoms with E-state index in [2.05, 4.69) is 5.32 Å². The van der Waals surface area contributed by atoms with Gasteiger partial charge in [-0.05, 0) is 54.7 Å². The number of carbonyl (C=O) groups is 2. The highest BCUT2D eigenvalue weighted by Gasteiger charge is 2.34. The van der Waals surface area contributed by atoms with E-state index in [1.807, 2.05) is 63.2 Å². The quantitative estimate of drug-likeness (QED) is 0.260. The molecule has 0 aromatic heterocycles. The van der Waals surface area contributed by atoms with E-state index in [9.17, 15) is 18.0 Å². The largest absolute Gasteiger partial charge is 0.352 e. The Bertz CT molecular complexity index is 1450. The lowest BCUT2D eigenvalue weighted by Crippen LogP contribution is -2.54. The van der Waals surface area contributed by atoms with Crippen molar-refractivity contribution >= 4 is 50.7 Å². The summed E-state index contributed by atoms with van der Waals surface area (Å²) < 4.78 is 27.2. The summed E-state index contributed by atoms with van der Waals surface area (Å²) in [5, 5.41) is 3.79. The number of halogens is 2. The van der Waals surface area contributed by atoms with E-state index >= 15 is 0 Å². The number of sulfonamides is 1. The molecule has 3 aromatic rings. The molecule has 0 saturated carbocycles. The first-order chi connectivity index (χ1) is 19.4. The van der Waals surface area contributed by atoms with E-state index in [0.29, 0.717) is 34.1 Å². The molecule has 0 spiro atoms. The number of nitrogens with zero attached hydrogens (tertiary/aromatic N) is 2. The minimum Gasteiger partial charge on any atom is -0.352 e. The summed E-state index contributed by atoms with van der Waals surface area (Å²) in [4.78, 5) is 29.4. The normalized spacial score (nSPS) is 12.8. The van der Waals surface area contributed by atoms with Gasteiger partial charge in [0.15, 0.2) is 0 Å². The second-order valence-corrected chi connectivity index (χ2v) is 12.8. The zero-order chi connectivity index (χ0) is 30.2. The van der Waals surface area contributed by atoms with Gasteiger partial charge in [0.2, 0.25) is 21.8 Å². The van der Waals surface area contributed by atoms with Gasteiger partial charge in [0, 0.05) is 29.1 Å². The number of carbonyl (C=O) groups excluding carboxylic acids is 2. The lowest BCUT2D eigenvalue weighted by atomic mass is 10.0. The second kappa shape index (κ2) is 14.7. The molecule has 0 aliphatic rings. The zero-order valence-corrected chi connectivity index (χ0v) is 26.1. The molecular formula is C31H37Cl2N3O4S. The summed E-state index contributed by atoms with van der Waals surface area (Å²) in [7, 11) is -3.85. The molecule has 0 aliphatic carbocycles. The Labute approximate surface area is 253 Å². The van der Waals surface area contributed by atoms with Gasteiger partial charge in [0.05, 0.1) is 11.9 Å². The maximum atomic E-state index is 14.2. The Morgan fingerprint density at radius 1 is 0.927 bits per heavy atom. The van der Waals surface area contributed by atoms with Crippen LogP contribution in [0.25, 0.3) is 0 Å². The van der Waals surface area contributed by atoms with E-state index in [0.717, 1.165) is 21.7 Å². The summed E-state index contributed by atoms with van der Waals surface area (Å²) in [6.07, 6.45) is 2.58. The molecule has 10 heteroatoms. The average Bonchev–Trinajstić information content (AvgIpc) is 2.94. The summed E-state index contributed by atoms with van der Waals surface area (Å²) in [5.74, 6) is -0.867. The third-order valence-corrected chi connectivity index (χ3v) is 8.66. The summed E-state index contributed by atoms with van der Waals surface area (Å²) in [6, 6.07) is 20.4. The fourth-order valence-corrected chi connectivity index (χ4v) is 5.82. The molecule has 2 atom stereocenters. The van der Waals surface area contributed by atoms with Crippen LogP contribution < -0.4 is 9.62 Å². The number of anilines is 1. The molecule has 0 radical (unpaired) electrons. The van der Waals surface area contributed by atoms with Crippen LogP contribution in [0.15, 0.2) is 72.8 Å². The Kier molecular flexibility index (Phi) is 11.6. The van der Waals surface area contributed by atoms with Gasteiger partial charge in [-0.3, -0.25) is 13.9 Å². The molecule has 0 aliphatic heterocycles. The van der Waals surface area contributed by atoms with Gasteiger partial charge in [0.25, 0.3) is 0 Å². The van der Waals surface area contributed by atoms with E-state index < -0.39 is 28.5 Å². The van der Waals surface area contributed by atoms with Crippen LogP contribution in [0, 0.1) is 0 Å². The maximum Gasteiger partial charge on any atom is 0.244 e. The first kappa shape index (κ1) is 32.4. The molecule has 1 N–H and O–H groups in total. The van der Waals surface area contributed by atoms with Crippen LogP contribution in [0.5, 0.6) is 0 Å². The molecule has 7 nitrogen and oxygen atoms in total. The minimum absolute atomic E-state index is 0.0205. The average molecular weight is 619 g/mol. The number of aryl methyl sites for hydroxylation is 1. The Hall–Kier alpha value is -3.07. The van der Waals surface area contributed by atoms with Crippen LogP contribution in [0.3, 0.4) is 0 Å². The van der Waals surface area contributed by atoms with Crippen molar-refractivity contribution in [3.8, 4) is 0 Å².